The Morgan fingerprint density at radius 1 is 1.14 bits per heavy atom. The van der Waals surface area contributed by atoms with Crippen LogP contribution < -0.4 is 20.3 Å². The fourth-order valence-electron chi connectivity index (χ4n) is 3.17. The Balaban J connectivity index is 1.79. The van der Waals surface area contributed by atoms with Crippen LogP contribution in [0.15, 0.2) is 24.3 Å². The molecule has 8 nitrogen and oxygen atoms in total. The number of anilines is 3. The lowest BCUT2D eigenvalue weighted by Gasteiger charge is -2.27. The van der Waals surface area contributed by atoms with Gasteiger partial charge in [0.15, 0.2) is 0 Å². The lowest BCUT2D eigenvalue weighted by molar-refractivity contribution is 0.271. The third-order valence-electron chi connectivity index (χ3n) is 4.89. The smallest absolute Gasteiger partial charge is 0.231 e. The second-order valence-corrected chi connectivity index (χ2v) is 6.97. The largest absolute Gasteiger partial charge is 0.497 e. The summed E-state index contributed by atoms with van der Waals surface area (Å²) in [5.41, 5.74) is 1.08. The molecule has 2 aromatic rings. The molecule has 1 aromatic carbocycles. The molecular formula is C20H30N6O2. The van der Waals surface area contributed by atoms with Gasteiger partial charge in [-0.1, -0.05) is 19.1 Å². The molecule has 0 unspecified atom stereocenters. The molecular weight excluding hydrogens is 356 g/mol. The Labute approximate surface area is 166 Å². The minimum Gasteiger partial charge on any atom is -0.497 e. The van der Waals surface area contributed by atoms with Crippen LogP contribution in [0.5, 0.6) is 5.75 Å². The molecule has 1 atom stereocenters. The number of aromatic nitrogens is 3. The summed E-state index contributed by atoms with van der Waals surface area (Å²) in [5.74, 6) is 2.51. The minimum absolute atomic E-state index is 0.0355. The summed E-state index contributed by atoms with van der Waals surface area (Å²) < 4.78 is 5.28. The molecule has 0 spiro atoms. The molecule has 1 aliphatic rings. The molecule has 8 heteroatoms. The van der Waals surface area contributed by atoms with Gasteiger partial charge in [-0.05, 0) is 43.4 Å². The molecule has 3 rings (SSSR count). The Hall–Kier alpha value is -2.61. The van der Waals surface area contributed by atoms with E-state index in [0.717, 1.165) is 43.7 Å². The lowest BCUT2D eigenvalue weighted by Crippen LogP contribution is -2.32. The first kappa shape index (κ1) is 20.1. The van der Waals surface area contributed by atoms with Crippen molar-refractivity contribution in [2.45, 2.75) is 45.2 Å². The van der Waals surface area contributed by atoms with Gasteiger partial charge in [-0.25, -0.2) is 0 Å². The number of hydrogen-bond acceptors (Lipinski definition) is 8. The van der Waals surface area contributed by atoms with Crippen LogP contribution in [0.3, 0.4) is 0 Å². The Morgan fingerprint density at radius 3 is 2.64 bits per heavy atom. The normalized spacial score (nSPS) is 15.2. The van der Waals surface area contributed by atoms with E-state index in [2.05, 4.69) is 30.5 Å². The summed E-state index contributed by atoms with van der Waals surface area (Å²) in [5, 5.41) is 16.0. The fourth-order valence-corrected chi connectivity index (χ4v) is 3.17. The maximum atomic E-state index is 9.50. The van der Waals surface area contributed by atoms with Gasteiger partial charge in [-0.2, -0.15) is 15.0 Å². The van der Waals surface area contributed by atoms with Crippen LogP contribution in [-0.2, 0) is 6.54 Å². The van der Waals surface area contributed by atoms with E-state index < -0.39 is 0 Å². The number of nitrogens with zero attached hydrogens (tertiary/aromatic N) is 4. The number of aliphatic hydroxyl groups excluding tert-OH is 1. The number of rotatable bonds is 9. The molecule has 0 radical (unpaired) electrons. The molecule has 1 aliphatic heterocycles. The highest BCUT2D eigenvalue weighted by Crippen LogP contribution is 2.20. The van der Waals surface area contributed by atoms with Gasteiger partial charge in [0.05, 0.1) is 19.8 Å². The molecule has 28 heavy (non-hydrogen) atoms. The van der Waals surface area contributed by atoms with Gasteiger partial charge in [0.2, 0.25) is 17.8 Å². The van der Waals surface area contributed by atoms with Gasteiger partial charge >= 0.3 is 0 Å². The maximum absolute atomic E-state index is 9.50. The molecule has 0 aliphatic carbocycles. The zero-order valence-electron chi connectivity index (χ0n) is 16.7. The summed E-state index contributed by atoms with van der Waals surface area (Å²) in [6, 6.07) is 7.81. The molecule has 0 saturated carbocycles. The second kappa shape index (κ2) is 10.1. The van der Waals surface area contributed by atoms with Crippen molar-refractivity contribution in [3.8, 4) is 5.75 Å². The van der Waals surface area contributed by atoms with E-state index in [1.807, 2.05) is 31.2 Å². The van der Waals surface area contributed by atoms with E-state index in [1.165, 1.54) is 6.42 Å². The van der Waals surface area contributed by atoms with Gasteiger partial charge in [0.25, 0.3) is 0 Å². The number of piperidine rings is 1. The van der Waals surface area contributed by atoms with Crippen molar-refractivity contribution in [1.82, 2.24) is 15.0 Å². The average molecular weight is 387 g/mol. The van der Waals surface area contributed by atoms with Crippen LogP contribution in [-0.4, -0.2) is 52.9 Å². The van der Waals surface area contributed by atoms with Gasteiger partial charge < -0.3 is 25.4 Å². The van der Waals surface area contributed by atoms with E-state index in [4.69, 9.17) is 4.74 Å². The van der Waals surface area contributed by atoms with E-state index in [0.29, 0.717) is 24.4 Å². The predicted octanol–water partition coefficient (Wildman–Crippen LogP) is 2.67. The van der Waals surface area contributed by atoms with Gasteiger partial charge in [-0.15, -0.1) is 0 Å². The number of nitrogens with one attached hydrogen (secondary N) is 2. The van der Waals surface area contributed by atoms with E-state index in [9.17, 15) is 5.11 Å². The third-order valence-corrected chi connectivity index (χ3v) is 4.89. The highest BCUT2D eigenvalue weighted by atomic mass is 16.5. The summed E-state index contributed by atoms with van der Waals surface area (Å²) in [6.45, 7) is 4.54. The first-order chi connectivity index (χ1) is 13.7. The zero-order chi connectivity index (χ0) is 19.8. The topological polar surface area (TPSA) is 95.4 Å². The lowest BCUT2D eigenvalue weighted by atomic mass is 10.1. The molecule has 3 N–H and O–H groups in total. The molecule has 152 valence electrons. The van der Waals surface area contributed by atoms with Crippen molar-refractivity contribution in [1.29, 1.82) is 0 Å². The summed E-state index contributed by atoms with van der Waals surface area (Å²) in [7, 11) is 1.66. The van der Waals surface area contributed by atoms with Crippen molar-refractivity contribution in [3.63, 3.8) is 0 Å². The first-order valence-corrected chi connectivity index (χ1v) is 9.97. The van der Waals surface area contributed by atoms with E-state index in [-0.39, 0.29) is 12.6 Å². The maximum Gasteiger partial charge on any atom is 0.231 e. The van der Waals surface area contributed by atoms with Crippen LogP contribution >= 0.6 is 0 Å². The predicted molar refractivity (Wildman–Crippen MR) is 111 cm³/mol. The zero-order valence-corrected chi connectivity index (χ0v) is 16.7. The van der Waals surface area contributed by atoms with Crippen LogP contribution in [0.25, 0.3) is 0 Å². The van der Waals surface area contributed by atoms with Crippen LogP contribution in [0.2, 0.25) is 0 Å². The minimum atomic E-state index is -0.0807. The van der Waals surface area contributed by atoms with Crippen molar-refractivity contribution < 1.29 is 9.84 Å². The molecule has 1 aromatic heterocycles. The highest BCUT2D eigenvalue weighted by molar-refractivity contribution is 5.45. The number of hydrogen-bond donors (Lipinski definition) is 3. The molecule has 2 heterocycles. The summed E-state index contributed by atoms with van der Waals surface area (Å²) >= 11 is 0. The summed E-state index contributed by atoms with van der Waals surface area (Å²) in [6.07, 6.45) is 4.33. The second-order valence-electron chi connectivity index (χ2n) is 6.97. The van der Waals surface area contributed by atoms with Crippen LogP contribution in [0.1, 0.15) is 38.2 Å². The van der Waals surface area contributed by atoms with Gasteiger partial charge in [-0.3, -0.25) is 0 Å². The third kappa shape index (κ3) is 5.45. The quantitative estimate of drug-likeness (QED) is 0.605. The van der Waals surface area contributed by atoms with Crippen molar-refractivity contribution in [2.75, 3.05) is 42.3 Å². The highest BCUT2D eigenvalue weighted by Gasteiger charge is 2.17. The van der Waals surface area contributed by atoms with Crippen LogP contribution in [0, 0.1) is 0 Å². The standard InChI is InChI=1S/C20H30N6O2/c1-3-16(14-27)22-19-23-18(21-13-15-8-7-9-17(12-15)28-2)24-20(25-19)26-10-5-4-6-11-26/h7-9,12,16,27H,3-6,10-11,13-14H2,1-2H3,(H2,21,22,23,24,25)/t16-/m1/s1. The fraction of sp³-hybridized carbons (Fsp3) is 0.550. The Morgan fingerprint density at radius 2 is 1.93 bits per heavy atom. The van der Waals surface area contributed by atoms with E-state index >= 15 is 0 Å². The molecule has 1 fully saturated rings. The average Bonchev–Trinajstić information content (AvgIpc) is 2.76. The SMILES string of the molecule is CC[C@H](CO)Nc1nc(NCc2cccc(OC)c2)nc(N2CCCCC2)n1. The van der Waals surface area contributed by atoms with Crippen molar-refractivity contribution in [2.24, 2.45) is 0 Å². The van der Waals surface area contributed by atoms with E-state index in [1.54, 1.807) is 7.11 Å². The van der Waals surface area contributed by atoms with Gasteiger partial charge in [0, 0.05) is 19.6 Å². The number of methoxy groups -OCH3 is 1. The Bertz CT molecular complexity index is 747. The summed E-state index contributed by atoms with van der Waals surface area (Å²) in [4.78, 5) is 15.9. The van der Waals surface area contributed by atoms with Crippen molar-refractivity contribution >= 4 is 17.8 Å². The number of benzene rings is 1. The first-order valence-electron chi connectivity index (χ1n) is 9.97. The number of ether oxygens (including phenoxy) is 1. The van der Waals surface area contributed by atoms with Crippen molar-refractivity contribution in [3.05, 3.63) is 29.8 Å². The molecule has 1 saturated heterocycles. The monoisotopic (exact) mass is 386 g/mol. The van der Waals surface area contributed by atoms with Crippen LogP contribution in [0.4, 0.5) is 17.8 Å². The molecule has 0 amide bonds. The number of aliphatic hydroxyl groups is 1. The Kier molecular flexibility index (Phi) is 7.25. The van der Waals surface area contributed by atoms with Gasteiger partial charge in [0.1, 0.15) is 5.75 Å². The molecule has 0 bridgehead atoms.